The van der Waals surface area contributed by atoms with Crippen LogP contribution in [0.1, 0.15) is 17.9 Å². The summed E-state index contributed by atoms with van der Waals surface area (Å²) in [6.45, 7) is -0.445. The van der Waals surface area contributed by atoms with Crippen LogP contribution in [-0.4, -0.2) is 40.7 Å². The zero-order chi connectivity index (χ0) is 17.8. The lowest BCUT2D eigenvalue weighted by Gasteiger charge is -2.03. The van der Waals surface area contributed by atoms with Crippen molar-refractivity contribution in [2.24, 2.45) is 0 Å². The van der Waals surface area contributed by atoms with Crippen molar-refractivity contribution < 1.29 is 19.4 Å². The number of halogens is 1. The normalized spacial score (nSPS) is 11.0. The van der Waals surface area contributed by atoms with Crippen molar-refractivity contribution in [1.82, 2.24) is 24.7 Å². The second-order valence-corrected chi connectivity index (χ2v) is 5.45. The van der Waals surface area contributed by atoms with Crippen molar-refractivity contribution in [3.05, 3.63) is 48.1 Å². The van der Waals surface area contributed by atoms with Crippen LogP contribution in [-0.2, 0) is 24.4 Å². The first-order valence-electron chi connectivity index (χ1n) is 7.59. The van der Waals surface area contributed by atoms with Gasteiger partial charge in [-0.15, -0.1) is 0 Å². The molecule has 0 bridgehead atoms. The fraction of sp³-hybridized carbons (Fsp3) is 0.250. The number of hydrogen-bond acceptors (Lipinski definition) is 6. The second kappa shape index (κ2) is 7.22. The van der Waals surface area contributed by atoms with Gasteiger partial charge in [-0.05, 0) is 24.6 Å². The molecule has 0 aliphatic heterocycles. The van der Waals surface area contributed by atoms with Crippen molar-refractivity contribution in [2.75, 3.05) is 0 Å². The molecule has 0 unspecified atom stereocenters. The second-order valence-electron chi connectivity index (χ2n) is 5.45. The number of imidazole rings is 1. The molecule has 25 heavy (non-hydrogen) atoms. The van der Waals surface area contributed by atoms with E-state index >= 15 is 0 Å². The largest absolute Gasteiger partial charge is 0.505 e. The lowest BCUT2D eigenvalue weighted by atomic mass is 10.2. The lowest BCUT2D eigenvalue weighted by molar-refractivity contribution is -0.119. The Morgan fingerprint density at radius 1 is 1.36 bits per heavy atom. The molecule has 0 saturated heterocycles. The molecule has 3 aromatic rings. The topological polar surface area (TPSA) is 117 Å². The lowest BCUT2D eigenvalue weighted by Crippen LogP contribution is -2.15. The fourth-order valence-electron chi connectivity index (χ4n) is 2.33. The molecule has 2 aromatic heterocycles. The predicted molar refractivity (Wildman–Crippen MR) is 84.9 cm³/mol. The van der Waals surface area contributed by atoms with Gasteiger partial charge in [0.05, 0.1) is 6.33 Å². The minimum Gasteiger partial charge on any atom is -0.505 e. The van der Waals surface area contributed by atoms with Gasteiger partial charge >= 0.3 is 0 Å². The number of aromatic nitrogens is 5. The number of H-pyrrole nitrogens is 1. The van der Waals surface area contributed by atoms with Crippen LogP contribution in [0, 0.1) is 5.82 Å². The minimum atomic E-state index is -0.796. The molecule has 0 saturated carbocycles. The van der Waals surface area contributed by atoms with Crippen LogP contribution in [0.2, 0.25) is 0 Å². The summed E-state index contributed by atoms with van der Waals surface area (Å²) < 4.78 is 14.8. The molecular formula is C16H16FN5O3. The fourth-order valence-corrected chi connectivity index (χ4v) is 2.33. The number of aliphatic hydroxyl groups excluding tert-OH is 1. The number of nitrogens with one attached hydrogen (secondary N) is 1. The quantitative estimate of drug-likeness (QED) is 0.592. The van der Waals surface area contributed by atoms with Crippen LogP contribution in [0.4, 0.5) is 4.39 Å². The number of benzene rings is 1. The molecule has 130 valence electrons. The Bertz CT molecular complexity index is 876. The first kappa shape index (κ1) is 16.8. The number of carbonyl (C=O) groups excluding carboxylic acids is 1. The maximum absolute atomic E-state index is 13.5. The van der Waals surface area contributed by atoms with E-state index in [0.717, 1.165) is 11.8 Å². The van der Waals surface area contributed by atoms with Crippen LogP contribution in [0.15, 0.2) is 30.7 Å². The number of nitrogens with zero attached hydrogens (tertiary/aromatic N) is 4. The van der Waals surface area contributed by atoms with E-state index < -0.39 is 18.2 Å². The van der Waals surface area contributed by atoms with Gasteiger partial charge in [-0.1, -0.05) is 0 Å². The Morgan fingerprint density at radius 3 is 2.88 bits per heavy atom. The van der Waals surface area contributed by atoms with Crippen LogP contribution in [0.5, 0.6) is 5.75 Å². The summed E-state index contributed by atoms with van der Waals surface area (Å²) >= 11 is 0. The molecule has 0 radical (unpaired) electrons. The number of Topliss-reactive ketones (excluding diaryl/α,β-unsaturated/α-hetero) is 1. The number of hydrogen-bond donors (Lipinski definition) is 3. The number of aryl methyl sites for hydroxylation is 1. The van der Waals surface area contributed by atoms with Crippen LogP contribution in [0.25, 0.3) is 11.4 Å². The summed E-state index contributed by atoms with van der Waals surface area (Å²) in [5.74, 6) is -0.977. The predicted octanol–water partition coefficient (Wildman–Crippen LogP) is 1.21. The van der Waals surface area contributed by atoms with Gasteiger partial charge in [-0.25, -0.2) is 19.0 Å². The van der Waals surface area contributed by atoms with Gasteiger partial charge in [0.25, 0.3) is 0 Å². The third kappa shape index (κ3) is 3.89. The molecule has 0 aliphatic carbocycles. The third-order valence-electron chi connectivity index (χ3n) is 3.65. The van der Waals surface area contributed by atoms with Crippen molar-refractivity contribution in [3.63, 3.8) is 0 Å². The maximum Gasteiger partial charge on any atom is 0.181 e. The summed E-state index contributed by atoms with van der Waals surface area (Å²) in [6.07, 6.45) is 4.01. The molecule has 3 N–H and O–H groups in total. The third-order valence-corrected chi connectivity index (χ3v) is 3.65. The molecule has 0 amide bonds. The number of aromatic hydroxyl groups is 1. The molecule has 8 nitrogen and oxygen atoms in total. The first-order valence-corrected chi connectivity index (χ1v) is 7.59. The van der Waals surface area contributed by atoms with Gasteiger partial charge in [0.2, 0.25) is 0 Å². The highest BCUT2D eigenvalue weighted by Crippen LogP contribution is 2.22. The van der Waals surface area contributed by atoms with Gasteiger partial charge in [-0.2, -0.15) is 5.10 Å². The van der Waals surface area contributed by atoms with Gasteiger partial charge in [0.15, 0.2) is 29.0 Å². The number of ketones is 1. The molecular weight excluding hydrogens is 329 g/mol. The van der Waals surface area contributed by atoms with E-state index in [2.05, 4.69) is 20.1 Å². The van der Waals surface area contributed by atoms with E-state index in [4.69, 9.17) is 0 Å². The highest BCUT2D eigenvalue weighted by Gasteiger charge is 2.15. The van der Waals surface area contributed by atoms with Crippen LogP contribution >= 0.6 is 0 Å². The van der Waals surface area contributed by atoms with Crippen molar-refractivity contribution in [3.8, 4) is 17.1 Å². The van der Waals surface area contributed by atoms with Crippen molar-refractivity contribution in [2.45, 2.75) is 26.0 Å². The van der Waals surface area contributed by atoms with Gasteiger partial charge < -0.3 is 15.2 Å². The Morgan fingerprint density at radius 2 is 2.20 bits per heavy atom. The highest BCUT2D eigenvalue weighted by molar-refractivity contribution is 5.78. The molecule has 0 spiro atoms. The van der Waals surface area contributed by atoms with Crippen LogP contribution < -0.4 is 0 Å². The van der Waals surface area contributed by atoms with Crippen molar-refractivity contribution >= 4 is 5.78 Å². The zero-order valence-electron chi connectivity index (χ0n) is 13.2. The van der Waals surface area contributed by atoms with Crippen molar-refractivity contribution in [1.29, 1.82) is 0 Å². The Hall–Kier alpha value is -3.07. The molecule has 1 aromatic carbocycles. The standard InChI is InChI=1S/C16H16FN5O3/c17-13-5-10(1-4-14(13)25)16-20-15(8-23)22(21-16)7-12(24)3-2-11-6-18-9-19-11/h1,4-6,9,23,25H,2-3,7-8H2,(H,18,19). The number of phenols is 1. The molecule has 0 fully saturated rings. The zero-order valence-corrected chi connectivity index (χ0v) is 13.2. The number of aliphatic hydroxyl groups is 1. The Labute approximate surface area is 142 Å². The number of rotatable bonds is 7. The first-order chi connectivity index (χ1) is 12.1. The summed E-state index contributed by atoms with van der Waals surface area (Å²) in [4.78, 5) is 23.0. The van der Waals surface area contributed by atoms with Crippen LogP contribution in [0.3, 0.4) is 0 Å². The maximum atomic E-state index is 13.5. The van der Waals surface area contributed by atoms with E-state index in [0.29, 0.717) is 12.0 Å². The number of aromatic amines is 1. The van der Waals surface area contributed by atoms with Gasteiger partial charge in [-0.3, -0.25) is 4.79 Å². The molecule has 9 heteroatoms. The minimum absolute atomic E-state index is 0.0441. The highest BCUT2D eigenvalue weighted by atomic mass is 19.1. The number of carbonyl (C=O) groups is 1. The van der Waals surface area contributed by atoms with E-state index in [-0.39, 0.29) is 30.4 Å². The van der Waals surface area contributed by atoms with E-state index in [1.54, 1.807) is 12.5 Å². The molecule has 3 rings (SSSR count). The SMILES string of the molecule is O=C(CCc1cnc[nH]1)Cn1nc(-c2ccc(O)c(F)c2)nc1CO. The Balaban J connectivity index is 1.73. The average molecular weight is 345 g/mol. The Kier molecular flexibility index (Phi) is 4.85. The van der Waals surface area contributed by atoms with Gasteiger partial charge in [0, 0.05) is 23.9 Å². The average Bonchev–Trinajstić information content (AvgIpc) is 3.25. The van der Waals surface area contributed by atoms with E-state index in [1.807, 2.05) is 0 Å². The van der Waals surface area contributed by atoms with Gasteiger partial charge in [0.1, 0.15) is 13.2 Å². The van der Waals surface area contributed by atoms with E-state index in [1.165, 1.54) is 16.8 Å². The van der Waals surface area contributed by atoms with E-state index in [9.17, 15) is 19.4 Å². The molecule has 2 heterocycles. The number of phenolic OH excluding ortho intramolecular Hbond substituents is 1. The molecule has 0 aliphatic rings. The molecule has 0 atom stereocenters. The summed E-state index contributed by atoms with van der Waals surface area (Å²) in [5, 5.41) is 22.8. The summed E-state index contributed by atoms with van der Waals surface area (Å²) in [7, 11) is 0. The summed E-state index contributed by atoms with van der Waals surface area (Å²) in [5.41, 5.74) is 1.20. The summed E-state index contributed by atoms with van der Waals surface area (Å²) in [6, 6.07) is 3.75. The monoisotopic (exact) mass is 345 g/mol. The smallest absolute Gasteiger partial charge is 0.181 e.